The van der Waals surface area contributed by atoms with Gasteiger partial charge >= 0.3 is 5.63 Å². The summed E-state index contributed by atoms with van der Waals surface area (Å²) in [5, 5.41) is 4.67. The molecule has 6 heteroatoms. The number of hydrogen-bond acceptors (Lipinski definition) is 5. The molecule has 2 aromatic carbocycles. The van der Waals surface area contributed by atoms with Gasteiger partial charge in [-0.25, -0.2) is 4.79 Å². The predicted molar refractivity (Wildman–Crippen MR) is 117 cm³/mol. The maximum absolute atomic E-state index is 12.6. The summed E-state index contributed by atoms with van der Waals surface area (Å²) in [6.45, 7) is 3.86. The highest BCUT2D eigenvalue weighted by molar-refractivity contribution is 6.01. The number of pyridine rings is 1. The van der Waals surface area contributed by atoms with Gasteiger partial charge in [0.15, 0.2) is 0 Å². The second-order valence-electron chi connectivity index (χ2n) is 7.23. The molecular formula is C24H22N2O4. The number of benzene rings is 2. The average Bonchev–Trinajstić information content (AvgIpc) is 2.75. The van der Waals surface area contributed by atoms with Gasteiger partial charge in [0.05, 0.1) is 18.3 Å². The van der Waals surface area contributed by atoms with Gasteiger partial charge in [0.2, 0.25) is 5.91 Å². The van der Waals surface area contributed by atoms with Crippen molar-refractivity contribution in [3.8, 4) is 5.75 Å². The van der Waals surface area contributed by atoms with E-state index < -0.39 is 5.63 Å². The third-order valence-electron chi connectivity index (χ3n) is 5.34. The summed E-state index contributed by atoms with van der Waals surface area (Å²) in [4.78, 5) is 29.5. The van der Waals surface area contributed by atoms with Crippen molar-refractivity contribution in [2.45, 2.75) is 26.7 Å². The Morgan fingerprint density at radius 3 is 2.77 bits per heavy atom. The van der Waals surface area contributed by atoms with Gasteiger partial charge in [0.1, 0.15) is 11.3 Å². The number of aromatic nitrogens is 1. The molecule has 1 N–H and O–H groups in total. The van der Waals surface area contributed by atoms with Crippen molar-refractivity contribution in [1.29, 1.82) is 0 Å². The van der Waals surface area contributed by atoms with E-state index in [0.29, 0.717) is 29.0 Å². The smallest absolute Gasteiger partial charge is 0.339 e. The SMILES string of the molecule is COc1ccc2c(C)c(CCC(=O)Nc3ccc(C)c4ncccc34)c(=O)oc2c1. The lowest BCUT2D eigenvalue weighted by Crippen LogP contribution is -2.17. The van der Waals surface area contributed by atoms with Crippen molar-refractivity contribution in [3.63, 3.8) is 0 Å². The summed E-state index contributed by atoms with van der Waals surface area (Å²) in [5.74, 6) is 0.453. The molecule has 0 bridgehead atoms. The van der Waals surface area contributed by atoms with Gasteiger partial charge in [-0.15, -0.1) is 0 Å². The number of aryl methyl sites for hydroxylation is 2. The molecule has 1 amide bonds. The second kappa shape index (κ2) is 7.99. The number of anilines is 1. The van der Waals surface area contributed by atoms with Crippen LogP contribution in [0.1, 0.15) is 23.1 Å². The first-order chi connectivity index (χ1) is 14.5. The van der Waals surface area contributed by atoms with Crippen LogP contribution in [0.2, 0.25) is 0 Å². The molecule has 0 radical (unpaired) electrons. The molecule has 0 spiro atoms. The second-order valence-corrected chi connectivity index (χ2v) is 7.23. The molecule has 0 unspecified atom stereocenters. The summed E-state index contributed by atoms with van der Waals surface area (Å²) in [6, 6.07) is 13.0. The van der Waals surface area contributed by atoms with E-state index in [4.69, 9.17) is 9.15 Å². The van der Waals surface area contributed by atoms with E-state index in [0.717, 1.165) is 27.4 Å². The number of carbonyl (C=O) groups is 1. The molecule has 6 nitrogen and oxygen atoms in total. The molecule has 2 heterocycles. The summed E-state index contributed by atoms with van der Waals surface area (Å²) >= 11 is 0. The maximum atomic E-state index is 12.6. The van der Waals surface area contributed by atoms with Crippen LogP contribution in [-0.2, 0) is 11.2 Å². The first-order valence-corrected chi connectivity index (χ1v) is 9.72. The van der Waals surface area contributed by atoms with Crippen molar-refractivity contribution < 1.29 is 13.9 Å². The molecule has 0 aliphatic heterocycles. The number of nitrogens with one attached hydrogen (secondary N) is 1. The Balaban J connectivity index is 1.55. The van der Waals surface area contributed by atoms with Gasteiger partial charge in [-0.05, 0) is 61.7 Å². The van der Waals surface area contributed by atoms with Gasteiger partial charge in [-0.2, -0.15) is 0 Å². The van der Waals surface area contributed by atoms with Crippen LogP contribution >= 0.6 is 0 Å². The Labute approximate surface area is 173 Å². The molecular weight excluding hydrogens is 380 g/mol. The Morgan fingerprint density at radius 2 is 1.97 bits per heavy atom. The van der Waals surface area contributed by atoms with Crippen molar-refractivity contribution in [2.24, 2.45) is 0 Å². The average molecular weight is 402 g/mol. The van der Waals surface area contributed by atoms with Gasteiger partial charge < -0.3 is 14.5 Å². The van der Waals surface area contributed by atoms with Crippen LogP contribution in [-0.4, -0.2) is 18.0 Å². The van der Waals surface area contributed by atoms with E-state index in [2.05, 4.69) is 10.3 Å². The number of amides is 1. The number of rotatable bonds is 5. The van der Waals surface area contributed by atoms with Gasteiger partial charge in [-0.1, -0.05) is 6.07 Å². The highest BCUT2D eigenvalue weighted by atomic mass is 16.5. The molecule has 4 aromatic rings. The molecule has 152 valence electrons. The first-order valence-electron chi connectivity index (χ1n) is 9.72. The van der Waals surface area contributed by atoms with E-state index in [9.17, 15) is 9.59 Å². The van der Waals surface area contributed by atoms with E-state index in [-0.39, 0.29) is 12.3 Å². The standard InChI is InChI=1S/C24H22N2O4/c1-14-6-10-20(19-5-4-12-25-23(14)19)26-22(27)11-9-18-15(2)17-8-7-16(29-3)13-21(17)30-24(18)28/h4-8,10,12-13H,9,11H2,1-3H3,(H,26,27). The van der Waals surface area contributed by atoms with Crippen LogP contribution in [0.5, 0.6) is 5.75 Å². The minimum atomic E-state index is -0.425. The summed E-state index contributed by atoms with van der Waals surface area (Å²) in [6.07, 6.45) is 2.20. The van der Waals surface area contributed by atoms with Crippen LogP contribution < -0.4 is 15.7 Å². The number of hydrogen-bond donors (Lipinski definition) is 1. The number of carbonyl (C=O) groups excluding carboxylic acids is 1. The molecule has 0 atom stereocenters. The maximum Gasteiger partial charge on any atom is 0.339 e. The van der Waals surface area contributed by atoms with Crippen molar-refractivity contribution in [3.05, 3.63) is 75.8 Å². The Kier molecular flexibility index (Phi) is 5.23. The van der Waals surface area contributed by atoms with E-state index >= 15 is 0 Å². The monoisotopic (exact) mass is 402 g/mol. The molecule has 0 saturated carbocycles. The Hall–Kier alpha value is -3.67. The Morgan fingerprint density at radius 1 is 1.13 bits per heavy atom. The fraction of sp³-hybridized carbons (Fsp3) is 0.208. The minimum absolute atomic E-state index is 0.169. The molecule has 4 rings (SSSR count). The number of ether oxygens (including phenoxy) is 1. The van der Waals surface area contributed by atoms with Crippen LogP contribution in [0.15, 0.2) is 57.9 Å². The van der Waals surface area contributed by atoms with Crippen LogP contribution in [0.4, 0.5) is 5.69 Å². The number of methoxy groups -OCH3 is 1. The Bertz CT molecular complexity index is 1320. The van der Waals surface area contributed by atoms with Crippen molar-refractivity contribution in [1.82, 2.24) is 4.98 Å². The van der Waals surface area contributed by atoms with Gasteiger partial charge in [-0.3, -0.25) is 9.78 Å². The third-order valence-corrected chi connectivity index (χ3v) is 5.34. The van der Waals surface area contributed by atoms with Crippen LogP contribution in [0, 0.1) is 13.8 Å². The van der Waals surface area contributed by atoms with E-state index in [1.54, 1.807) is 19.4 Å². The molecule has 0 fully saturated rings. The lowest BCUT2D eigenvalue weighted by molar-refractivity contribution is -0.116. The zero-order chi connectivity index (χ0) is 21.3. The number of fused-ring (bicyclic) bond motifs is 2. The first kappa shape index (κ1) is 19.6. The highest BCUT2D eigenvalue weighted by Gasteiger charge is 2.14. The van der Waals surface area contributed by atoms with E-state index in [1.807, 2.05) is 50.2 Å². The molecule has 0 aliphatic carbocycles. The largest absolute Gasteiger partial charge is 0.497 e. The summed E-state index contributed by atoms with van der Waals surface area (Å²) < 4.78 is 10.6. The van der Waals surface area contributed by atoms with Crippen LogP contribution in [0.3, 0.4) is 0 Å². The normalized spacial score (nSPS) is 11.0. The summed E-state index contributed by atoms with van der Waals surface area (Å²) in [5.41, 5.74) is 4.00. The number of nitrogens with zero attached hydrogens (tertiary/aromatic N) is 1. The quantitative estimate of drug-likeness (QED) is 0.496. The van der Waals surface area contributed by atoms with Crippen molar-refractivity contribution >= 4 is 33.5 Å². The topological polar surface area (TPSA) is 81.4 Å². The molecule has 0 saturated heterocycles. The minimum Gasteiger partial charge on any atom is -0.497 e. The molecule has 30 heavy (non-hydrogen) atoms. The third kappa shape index (κ3) is 3.64. The summed E-state index contributed by atoms with van der Waals surface area (Å²) in [7, 11) is 1.56. The van der Waals surface area contributed by atoms with Crippen LogP contribution in [0.25, 0.3) is 21.9 Å². The highest BCUT2D eigenvalue weighted by Crippen LogP contribution is 2.26. The van der Waals surface area contributed by atoms with Gasteiger partial charge in [0.25, 0.3) is 0 Å². The zero-order valence-corrected chi connectivity index (χ0v) is 17.1. The zero-order valence-electron chi connectivity index (χ0n) is 17.1. The fourth-order valence-electron chi connectivity index (χ4n) is 3.66. The lowest BCUT2D eigenvalue weighted by atomic mass is 10.0. The molecule has 0 aliphatic rings. The van der Waals surface area contributed by atoms with Crippen molar-refractivity contribution in [2.75, 3.05) is 12.4 Å². The van der Waals surface area contributed by atoms with Gasteiger partial charge in [0, 0.05) is 35.0 Å². The van der Waals surface area contributed by atoms with E-state index in [1.165, 1.54) is 0 Å². The fourth-order valence-corrected chi connectivity index (χ4v) is 3.66. The predicted octanol–water partition coefficient (Wildman–Crippen LogP) is 4.54. The molecule has 2 aromatic heterocycles. The lowest BCUT2D eigenvalue weighted by Gasteiger charge is -2.11.